The first-order valence-electron chi connectivity index (χ1n) is 8.55. The Labute approximate surface area is 122 Å². The van der Waals surface area contributed by atoms with E-state index in [2.05, 4.69) is 26.0 Å². The second-order valence-corrected chi connectivity index (χ2v) is 7.65. The molecule has 3 saturated carbocycles. The van der Waals surface area contributed by atoms with Crippen LogP contribution >= 0.6 is 0 Å². The minimum absolute atomic E-state index is 0.121. The average Bonchev–Trinajstić information content (AvgIpc) is 3.15. The summed E-state index contributed by atoms with van der Waals surface area (Å²) in [5.74, 6) is 4.09. The van der Waals surface area contributed by atoms with E-state index in [0.717, 1.165) is 24.7 Å². The highest BCUT2D eigenvalue weighted by atomic mass is 16.5. The number of ether oxygens (including phenoxy) is 1. The maximum atomic E-state index is 13.0. The molecule has 0 spiro atoms. The Balaban J connectivity index is 1.64. The van der Waals surface area contributed by atoms with Gasteiger partial charge in [0.15, 0.2) is 0 Å². The average molecular weight is 274 g/mol. The van der Waals surface area contributed by atoms with Gasteiger partial charge in [-0.05, 0) is 61.2 Å². The highest BCUT2D eigenvalue weighted by Crippen LogP contribution is 2.73. The lowest BCUT2D eigenvalue weighted by molar-refractivity contribution is -0.166. The third kappa shape index (κ3) is 1.38. The van der Waals surface area contributed by atoms with Crippen LogP contribution in [-0.4, -0.2) is 12.6 Å². The number of hydrogen-bond donors (Lipinski definition) is 0. The molecule has 3 fully saturated rings. The Hall–Kier alpha value is -0.790. The fraction of sp³-hybridized carbons (Fsp3) is 0.833. The molecule has 2 heteroatoms. The highest BCUT2D eigenvalue weighted by Gasteiger charge is 2.73. The number of allylic oxidation sites excluding steroid dienone is 2. The molecule has 4 aliphatic carbocycles. The van der Waals surface area contributed by atoms with Crippen LogP contribution in [0.1, 0.15) is 46.0 Å². The van der Waals surface area contributed by atoms with Crippen LogP contribution in [0.25, 0.3) is 0 Å². The molecule has 0 aromatic heterocycles. The molecule has 2 nitrogen and oxygen atoms in total. The van der Waals surface area contributed by atoms with Crippen molar-refractivity contribution in [2.75, 3.05) is 6.61 Å². The van der Waals surface area contributed by atoms with E-state index in [-0.39, 0.29) is 11.4 Å². The van der Waals surface area contributed by atoms with Crippen LogP contribution < -0.4 is 0 Å². The number of esters is 1. The lowest BCUT2D eigenvalue weighted by Gasteiger charge is -2.44. The number of hydrogen-bond acceptors (Lipinski definition) is 2. The predicted molar refractivity (Wildman–Crippen MR) is 77.9 cm³/mol. The molecule has 0 aromatic rings. The largest absolute Gasteiger partial charge is 0.465 e. The molecule has 4 rings (SSSR count). The SMILES string of the molecule is CCCCOC(=O)C12C3C=CC(C3)C1C1CC2CC1C. The summed E-state index contributed by atoms with van der Waals surface area (Å²) in [6, 6.07) is 0. The van der Waals surface area contributed by atoms with Gasteiger partial charge in [0.05, 0.1) is 12.0 Å². The van der Waals surface area contributed by atoms with Gasteiger partial charge in [-0.15, -0.1) is 0 Å². The van der Waals surface area contributed by atoms with E-state index in [4.69, 9.17) is 4.74 Å². The topological polar surface area (TPSA) is 26.3 Å². The monoisotopic (exact) mass is 274 g/mol. The third-order valence-corrected chi connectivity index (χ3v) is 6.91. The van der Waals surface area contributed by atoms with Crippen LogP contribution in [0.15, 0.2) is 12.2 Å². The van der Waals surface area contributed by atoms with Gasteiger partial charge < -0.3 is 4.74 Å². The fourth-order valence-electron chi connectivity index (χ4n) is 6.26. The minimum Gasteiger partial charge on any atom is -0.465 e. The maximum Gasteiger partial charge on any atom is 0.313 e. The zero-order valence-corrected chi connectivity index (χ0v) is 12.7. The van der Waals surface area contributed by atoms with Gasteiger partial charge in [-0.2, -0.15) is 0 Å². The first-order chi connectivity index (χ1) is 9.69. The quantitative estimate of drug-likeness (QED) is 0.337. The molecule has 7 atom stereocenters. The number of carbonyl (C=O) groups excluding carboxylic acids is 1. The minimum atomic E-state index is -0.121. The smallest absolute Gasteiger partial charge is 0.313 e. The third-order valence-electron chi connectivity index (χ3n) is 6.91. The van der Waals surface area contributed by atoms with Crippen LogP contribution in [0.2, 0.25) is 0 Å². The Bertz CT molecular complexity index is 454. The van der Waals surface area contributed by atoms with Crippen molar-refractivity contribution in [1.29, 1.82) is 0 Å². The first kappa shape index (κ1) is 12.9. The highest BCUT2D eigenvalue weighted by molar-refractivity contribution is 5.80. The molecule has 0 heterocycles. The van der Waals surface area contributed by atoms with Crippen LogP contribution in [0, 0.1) is 40.9 Å². The van der Waals surface area contributed by atoms with Crippen molar-refractivity contribution in [1.82, 2.24) is 0 Å². The lowest BCUT2D eigenvalue weighted by atomic mass is 9.59. The predicted octanol–water partition coefficient (Wildman–Crippen LogP) is 3.81. The molecule has 0 N–H and O–H groups in total. The normalized spacial score (nSPS) is 50.7. The van der Waals surface area contributed by atoms with E-state index in [9.17, 15) is 4.79 Å². The molecule has 20 heavy (non-hydrogen) atoms. The van der Waals surface area contributed by atoms with Crippen molar-refractivity contribution < 1.29 is 9.53 Å². The van der Waals surface area contributed by atoms with Gasteiger partial charge in [-0.25, -0.2) is 0 Å². The maximum absolute atomic E-state index is 13.0. The van der Waals surface area contributed by atoms with Gasteiger partial charge in [-0.3, -0.25) is 4.79 Å². The van der Waals surface area contributed by atoms with Crippen LogP contribution in [0.4, 0.5) is 0 Å². The lowest BCUT2D eigenvalue weighted by Crippen LogP contribution is -2.48. The molecule has 0 aromatic carbocycles. The number of carbonyl (C=O) groups is 1. The van der Waals surface area contributed by atoms with Gasteiger partial charge in [-0.1, -0.05) is 32.4 Å². The summed E-state index contributed by atoms with van der Waals surface area (Å²) < 4.78 is 5.74. The Morgan fingerprint density at radius 2 is 2.15 bits per heavy atom. The fourth-order valence-corrected chi connectivity index (χ4v) is 6.26. The van der Waals surface area contributed by atoms with Crippen LogP contribution in [-0.2, 0) is 9.53 Å². The summed E-state index contributed by atoms with van der Waals surface area (Å²) in [4.78, 5) is 13.0. The molecular weight excluding hydrogens is 248 g/mol. The molecule has 0 amide bonds. The zero-order chi connectivity index (χ0) is 13.9. The van der Waals surface area contributed by atoms with Crippen LogP contribution in [0.3, 0.4) is 0 Å². The summed E-state index contributed by atoms with van der Waals surface area (Å²) >= 11 is 0. The molecule has 4 bridgehead atoms. The van der Waals surface area contributed by atoms with Crippen molar-refractivity contribution >= 4 is 5.97 Å². The molecule has 0 saturated heterocycles. The standard InChI is InChI=1S/C18H26O2/c1-3-4-7-20-17(19)18-13-6-5-12(9-13)16(18)15-10-14(18)8-11(15)2/h5-6,11-16H,3-4,7-10H2,1-2H3. The molecule has 0 radical (unpaired) electrons. The molecule has 4 aliphatic rings. The van der Waals surface area contributed by atoms with Gasteiger partial charge >= 0.3 is 5.97 Å². The second-order valence-electron chi connectivity index (χ2n) is 7.65. The molecular formula is C18H26O2. The van der Waals surface area contributed by atoms with E-state index in [0.29, 0.717) is 30.3 Å². The summed E-state index contributed by atoms with van der Waals surface area (Å²) in [5.41, 5.74) is -0.121. The summed E-state index contributed by atoms with van der Waals surface area (Å²) in [7, 11) is 0. The van der Waals surface area contributed by atoms with Crippen LogP contribution in [0.5, 0.6) is 0 Å². The zero-order valence-electron chi connectivity index (χ0n) is 12.7. The number of fused-ring (bicyclic) bond motifs is 9. The Morgan fingerprint density at radius 1 is 1.30 bits per heavy atom. The van der Waals surface area contributed by atoms with Crippen molar-refractivity contribution in [2.45, 2.75) is 46.0 Å². The van der Waals surface area contributed by atoms with Gasteiger partial charge in [0.25, 0.3) is 0 Å². The van der Waals surface area contributed by atoms with E-state index in [1.54, 1.807) is 0 Å². The van der Waals surface area contributed by atoms with E-state index >= 15 is 0 Å². The Kier molecular flexibility index (Phi) is 2.81. The van der Waals surface area contributed by atoms with E-state index < -0.39 is 0 Å². The number of rotatable bonds is 4. The van der Waals surface area contributed by atoms with Crippen molar-refractivity contribution in [3.05, 3.63) is 12.2 Å². The van der Waals surface area contributed by atoms with E-state index in [1.165, 1.54) is 19.3 Å². The van der Waals surface area contributed by atoms with Crippen molar-refractivity contribution in [3.63, 3.8) is 0 Å². The second kappa shape index (κ2) is 4.35. The van der Waals surface area contributed by atoms with Gasteiger partial charge in [0.1, 0.15) is 0 Å². The first-order valence-corrected chi connectivity index (χ1v) is 8.55. The van der Waals surface area contributed by atoms with Gasteiger partial charge in [0, 0.05) is 0 Å². The summed E-state index contributed by atoms with van der Waals surface area (Å²) in [5, 5.41) is 0. The Morgan fingerprint density at radius 3 is 2.95 bits per heavy atom. The van der Waals surface area contributed by atoms with Crippen molar-refractivity contribution in [3.8, 4) is 0 Å². The molecule has 7 unspecified atom stereocenters. The summed E-state index contributed by atoms with van der Waals surface area (Å²) in [6.07, 6.45) is 10.6. The molecule has 0 aliphatic heterocycles. The van der Waals surface area contributed by atoms with Crippen molar-refractivity contribution in [2.24, 2.45) is 40.9 Å². The summed E-state index contributed by atoms with van der Waals surface area (Å²) in [6.45, 7) is 5.17. The van der Waals surface area contributed by atoms with E-state index in [1.807, 2.05) is 0 Å². The molecule has 110 valence electrons. The van der Waals surface area contributed by atoms with Gasteiger partial charge in [0.2, 0.25) is 0 Å². The number of unbranched alkanes of at least 4 members (excludes halogenated alkanes) is 1.